The lowest BCUT2D eigenvalue weighted by molar-refractivity contribution is 0.742. The number of nitrogens with one attached hydrogen (secondary N) is 2. The Morgan fingerprint density at radius 3 is 2.15 bits per heavy atom. The standard InChI is InChI=1S/C33H34N6/c1-2-9-23(10-3-1)24-11-8-12-25(21-24)30-22-31-28(17-18-32(39(31)38-30)35-26-13-4-5-14-26)29-19-20-34-33(37-29)36-27-15-6-7-16-27/h1-3,8-12,17-22,26-27,35H,4-7,13-16H2,(H,34,36,37). The number of anilines is 2. The van der Waals surface area contributed by atoms with Crippen molar-refractivity contribution in [1.82, 2.24) is 19.6 Å². The van der Waals surface area contributed by atoms with Crippen LogP contribution in [0.2, 0.25) is 0 Å². The van der Waals surface area contributed by atoms with Crippen LogP contribution in [0.1, 0.15) is 51.4 Å². The van der Waals surface area contributed by atoms with Crippen molar-refractivity contribution in [1.29, 1.82) is 0 Å². The van der Waals surface area contributed by atoms with Gasteiger partial charge in [0.05, 0.1) is 16.9 Å². The van der Waals surface area contributed by atoms with Gasteiger partial charge < -0.3 is 10.6 Å². The van der Waals surface area contributed by atoms with Gasteiger partial charge in [0.2, 0.25) is 5.95 Å². The molecule has 0 atom stereocenters. The quantitative estimate of drug-likeness (QED) is 0.232. The van der Waals surface area contributed by atoms with Gasteiger partial charge in [-0.2, -0.15) is 5.10 Å². The smallest absolute Gasteiger partial charge is 0.223 e. The van der Waals surface area contributed by atoms with Crippen molar-refractivity contribution in [3.63, 3.8) is 0 Å². The third-order valence-electron chi connectivity index (χ3n) is 8.21. The maximum absolute atomic E-state index is 5.15. The summed E-state index contributed by atoms with van der Waals surface area (Å²) in [5, 5.41) is 12.5. The average Bonchev–Trinajstić information content (AvgIpc) is 3.77. The highest BCUT2D eigenvalue weighted by molar-refractivity contribution is 5.84. The van der Waals surface area contributed by atoms with Gasteiger partial charge in [-0.15, -0.1) is 0 Å². The Morgan fingerprint density at radius 2 is 1.36 bits per heavy atom. The van der Waals surface area contributed by atoms with Gasteiger partial charge in [0.1, 0.15) is 5.82 Å². The Labute approximate surface area is 229 Å². The van der Waals surface area contributed by atoms with Crippen molar-refractivity contribution in [3.8, 4) is 33.6 Å². The van der Waals surface area contributed by atoms with E-state index in [0.29, 0.717) is 18.0 Å². The number of fused-ring (bicyclic) bond motifs is 1. The largest absolute Gasteiger partial charge is 0.367 e. The molecular formula is C33H34N6. The average molecular weight is 515 g/mol. The van der Waals surface area contributed by atoms with Crippen LogP contribution in [-0.2, 0) is 0 Å². The van der Waals surface area contributed by atoms with E-state index in [2.05, 4.69) is 92.9 Å². The third-order valence-corrected chi connectivity index (χ3v) is 8.21. The van der Waals surface area contributed by atoms with E-state index >= 15 is 0 Å². The lowest BCUT2D eigenvalue weighted by atomic mass is 10.0. The highest BCUT2D eigenvalue weighted by Gasteiger charge is 2.20. The molecule has 0 saturated heterocycles. The molecule has 39 heavy (non-hydrogen) atoms. The maximum atomic E-state index is 5.15. The minimum atomic E-state index is 0.469. The number of aromatic nitrogens is 4. The van der Waals surface area contributed by atoms with Gasteiger partial charge in [-0.25, -0.2) is 14.5 Å². The molecule has 0 spiro atoms. The summed E-state index contributed by atoms with van der Waals surface area (Å²) < 4.78 is 2.07. The van der Waals surface area contributed by atoms with Crippen molar-refractivity contribution in [3.05, 3.63) is 85.1 Å². The summed E-state index contributed by atoms with van der Waals surface area (Å²) in [4.78, 5) is 9.47. The Bertz CT molecular complexity index is 1580. The minimum absolute atomic E-state index is 0.469. The number of nitrogens with zero attached hydrogens (tertiary/aromatic N) is 4. The van der Waals surface area contributed by atoms with Crippen LogP contribution in [-0.4, -0.2) is 31.7 Å². The molecule has 7 rings (SSSR count). The highest BCUT2D eigenvalue weighted by atomic mass is 15.3. The molecule has 2 aromatic carbocycles. The van der Waals surface area contributed by atoms with Gasteiger partial charge in [-0.1, -0.05) is 74.2 Å². The first kappa shape index (κ1) is 23.9. The van der Waals surface area contributed by atoms with E-state index in [1.807, 2.05) is 12.3 Å². The fourth-order valence-corrected chi connectivity index (χ4v) is 6.14. The molecule has 2 saturated carbocycles. The van der Waals surface area contributed by atoms with E-state index in [9.17, 15) is 0 Å². The molecule has 0 aliphatic heterocycles. The molecule has 3 heterocycles. The van der Waals surface area contributed by atoms with Crippen LogP contribution in [0.3, 0.4) is 0 Å². The zero-order valence-corrected chi connectivity index (χ0v) is 22.2. The molecule has 3 aromatic heterocycles. The van der Waals surface area contributed by atoms with E-state index in [4.69, 9.17) is 10.1 Å². The van der Waals surface area contributed by atoms with Crippen molar-refractivity contribution in [2.75, 3.05) is 10.6 Å². The topological polar surface area (TPSA) is 67.1 Å². The number of rotatable bonds is 7. The van der Waals surface area contributed by atoms with Crippen LogP contribution in [0.25, 0.3) is 39.2 Å². The van der Waals surface area contributed by atoms with Gasteiger partial charge in [-0.05, 0) is 67.1 Å². The van der Waals surface area contributed by atoms with Gasteiger partial charge in [0, 0.05) is 29.4 Å². The highest BCUT2D eigenvalue weighted by Crippen LogP contribution is 2.33. The van der Waals surface area contributed by atoms with E-state index < -0.39 is 0 Å². The van der Waals surface area contributed by atoms with Crippen LogP contribution in [0.15, 0.2) is 85.1 Å². The Balaban J connectivity index is 1.30. The van der Waals surface area contributed by atoms with Crippen LogP contribution in [0.4, 0.5) is 11.8 Å². The SMILES string of the molecule is c1ccc(-c2cccc(-c3cc4c(-c5ccnc(NC6CCCC6)n5)ccc(NC5CCCC5)n4n3)c2)cc1. The molecule has 2 aliphatic rings. The normalized spacial score (nSPS) is 16.2. The summed E-state index contributed by atoms with van der Waals surface area (Å²) in [5.74, 6) is 1.74. The zero-order valence-electron chi connectivity index (χ0n) is 22.2. The first-order chi connectivity index (χ1) is 19.3. The summed E-state index contributed by atoms with van der Waals surface area (Å²) in [6.07, 6.45) is 11.8. The molecule has 2 N–H and O–H groups in total. The molecule has 0 unspecified atom stereocenters. The first-order valence-electron chi connectivity index (χ1n) is 14.4. The summed E-state index contributed by atoms with van der Waals surface area (Å²) in [6, 6.07) is 28.7. The Morgan fingerprint density at radius 1 is 0.641 bits per heavy atom. The molecule has 0 bridgehead atoms. The Kier molecular flexibility index (Phi) is 6.45. The van der Waals surface area contributed by atoms with Crippen molar-refractivity contribution < 1.29 is 0 Å². The molecule has 2 fully saturated rings. The molecule has 0 amide bonds. The monoisotopic (exact) mass is 514 g/mol. The van der Waals surface area contributed by atoms with Gasteiger partial charge >= 0.3 is 0 Å². The van der Waals surface area contributed by atoms with Crippen LogP contribution in [0.5, 0.6) is 0 Å². The van der Waals surface area contributed by atoms with Crippen LogP contribution >= 0.6 is 0 Å². The second-order valence-electron chi connectivity index (χ2n) is 10.9. The number of benzene rings is 2. The lowest BCUT2D eigenvalue weighted by Crippen LogP contribution is -2.17. The zero-order chi connectivity index (χ0) is 26.0. The van der Waals surface area contributed by atoms with E-state index in [1.165, 1.54) is 62.5 Å². The van der Waals surface area contributed by atoms with Crippen molar-refractivity contribution in [2.24, 2.45) is 0 Å². The number of hydrogen-bond acceptors (Lipinski definition) is 5. The second kappa shape index (κ2) is 10.5. The van der Waals surface area contributed by atoms with E-state index in [0.717, 1.165) is 33.8 Å². The molecular weight excluding hydrogens is 480 g/mol. The van der Waals surface area contributed by atoms with Gasteiger partial charge in [0.25, 0.3) is 0 Å². The number of hydrogen-bond donors (Lipinski definition) is 2. The fraction of sp³-hybridized carbons (Fsp3) is 0.303. The molecule has 5 aromatic rings. The van der Waals surface area contributed by atoms with Crippen molar-refractivity contribution >= 4 is 17.3 Å². The second-order valence-corrected chi connectivity index (χ2v) is 10.9. The number of pyridine rings is 1. The maximum Gasteiger partial charge on any atom is 0.223 e. The van der Waals surface area contributed by atoms with Gasteiger partial charge in [0.15, 0.2) is 0 Å². The predicted octanol–water partition coefficient (Wildman–Crippen LogP) is 7.83. The third kappa shape index (κ3) is 4.99. The molecule has 196 valence electrons. The predicted molar refractivity (Wildman–Crippen MR) is 159 cm³/mol. The Hall–Kier alpha value is -4.19. The molecule has 6 heteroatoms. The summed E-state index contributed by atoms with van der Waals surface area (Å²) in [6.45, 7) is 0. The van der Waals surface area contributed by atoms with Gasteiger partial charge in [-0.3, -0.25) is 0 Å². The lowest BCUT2D eigenvalue weighted by Gasteiger charge is -2.16. The van der Waals surface area contributed by atoms with Crippen LogP contribution in [0, 0.1) is 0 Å². The van der Waals surface area contributed by atoms with E-state index in [1.54, 1.807) is 0 Å². The summed E-state index contributed by atoms with van der Waals surface area (Å²) >= 11 is 0. The molecule has 6 nitrogen and oxygen atoms in total. The van der Waals surface area contributed by atoms with Crippen LogP contribution < -0.4 is 10.6 Å². The molecule has 0 radical (unpaired) electrons. The van der Waals surface area contributed by atoms with Crippen molar-refractivity contribution in [2.45, 2.75) is 63.5 Å². The fourth-order valence-electron chi connectivity index (χ4n) is 6.14. The summed E-state index contributed by atoms with van der Waals surface area (Å²) in [5.41, 5.74) is 7.46. The van der Waals surface area contributed by atoms with E-state index in [-0.39, 0.29) is 0 Å². The summed E-state index contributed by atoms with van der Waals surface area (Å²) in [7, 11) is 0. The first-order valence-corrected chi connectivity index (χ1v) is 14.4. The minimum Gasteiger partial charge on any atom is -0.367 e. The molecule has 2 aliphatic carbocycles.